The van der Waals surface area contributed by atoms with E-state index in [1.807, 2.05) is 30.3 Å². The second-order valence-electron chi connectivity index (χ2n) is 4.65. The van der Waals surface area contributed by atoms with Crippen molar-refractivity contribution < 1.29 is 9.53 Å². The van der Waals surface area contributed by atoms with Crippen LogP contribution >= 0.6 is 0 Å². The molecule has 0 bridgehead atoms. The third kappa shape index (κ3) is 4.60. The number of anilines is 2. The van der Waals surface area contributed by atoms with Crippen molar-refractivity contribution in [2.45, 2.75) is 19.8 Å². The number of hydrogen-bond donors (Lipinski definition) is 1. The normalized spacial score (nSPS) is 9.82. The van der Waals surface area contributed by atoms with Gasteiger partial charge in [-0.15, -0.1) is 0 Å². The van der Waals surface area contributed by atoms with E-state index in [4.69, 9.17) is 10.00 Å². The number of nitrogens with one attached hydrogen (secondary N) is 1. The molecule has 2 aromatic rings. The predicted molar refractivity (Wildman–Crippen MR) is 83.6 cm³/mol. The molecule has 0 aliphatic carbocycles. The first-order valence-electron chi connectivity index (χ1n) is 7.10. The van der Waals surface area contributed by atoms with E-state index < -0.39 is 0 Å². The fourth-order valence-electron chi connectivity index (χ4n) is 1.95. The molecule has 0 spiro atoms. The van der Waals surface area contributed by atoms with Gasteiger partial charge >= 0.3 is 5.97 Å². The molecule has 1 aromatic carbocycles. The summed E-state index contributed by atoms with van der Waals surface area (Å²) in [4.78, 5) is 15.5. The number of esters is 1. The highest BCUT2D eigenvalue weighted by molar-refractivity contribution is 5.69. The molecule has 0 saturated heterocycles. The molecule has 2 rings (SSSR count). The Morgan fingerprint density at radius 2 is 2.05 bits per heavy atom. The summed E-state index contributed by atoms with van der Waals surface area (Å²) in [5, 5.41) is 12.0. The first-order valence-corrected chi connectivity index (χ1v) is 7.10. The van der Waals surface area contributed by atoms with Crippen molar-refractivity contribution in [3.05, 3.63) is 53.7 Å². The smallest absolute Gasteiger partial charge is 0.306 e. The van der Waals surface area contributed by atoms with Gasteiger partial charge in [0, 0.05) is 12.1 Å². The Hall–Kier alpha value is -2.87. The summed E-state index contributed by atoms with van der Waals surface area (Å²) in [5.41, 5.74) is 2.32. The number of pyridine rings is 1. The van der Waals surface area contributed by atoms with Crippen molar-refractivity contribution >= 4 is 17.5 Å². The molecule has 0 fully saturated rings. The van der Waals surface area contributed by atoms with Crippen LogP contribution in [0.5, 0.6) is 0 Å². The van der Waals surface area contributed by atoms with Crippen LogP contribution in [0.1, 0.15) is 24.6 Å². The Bertz CT molecular complexity index is 675. The molecule has 0 radical (unpaired) electrons. The van der Waals surface area contributed by atoms with Gasteiger partial charge in [0.2, 0.25) is 0 Å². The number of aryl methyl sites for hydroxylation is 1. The third-order valence-electron chi connectivity index (χ3n) is 3.01. The van der Waals surface area contributed by atoms with Gasteiger partial charge in [-0.1, -0.05) is 18.2 Å². The van der Waals surface area contributed by atoms with Crippen LogP contribution in [0.15, 0.2) is 42.5 Å². The number of rotatable bonds is 6. The number of nitriles is 1. The Morgan fingerprint density at radius 3 is 2.73 bits per heavy atom. The van der Waals surface area contributed by atoms with Gasteiger partial charge in [-0.05, 0) is 43.2 Å². The van der Waals surface area contributed by atoms with Crippen LogP contribution in [0.2, 0.25) is 0 Å². The molecule has 112 valence electrons. The number of carbonyl (C=O) groups is 1. The lowest BCUT2D eigenvalue weighted by Gasteiger charge is -2.07. The van der Waals surface area contributed by atoms with Gasteiger partial charge in [-0.3, -0.25) is 4.79 Å². The molecule has 22 heavy (non-hydrogen) atoms. The maximum absolute atomic E-state index is 11.3. The van der Waals surface area contributed by atoms with Gasteiger partial charge in [-0.2, -0.15) is 5.26 Å². The Labute approximate surface area is 129 Å². The highest BCUT2D eigenvalue weighted by Crippen LogP contribution is 2.16. The fraction of sp³-hybridized carbons (Fsp3) is 0.235. The van der Waals surface area contributed by atoms with Crippen molar-refractivity contribution in [2.75, 3.05) is 11.9 Å². The first kappa shape index (κ1) is 15.5. The minimum Gasteiger partial charge on any atom is -0.466 e. The monoisotopic (exact) mass is 295 g/mol. The quantitative estimate of drug-likeness (QED) is 0.828. The molecule has 0 aliphatic rings. The Morgan fingerprint density at radius 1 is 1.27 bits per heavy atom. The van der Waals surface area contributed by atoms with Crippen LogP contribution < -0.4 is 5.32 Å². The second-order valence-corrected chi connectivity index (χ2v) is 4.65. The minimum atomic E-state index is -0.179. The molecule has 1 aromatic heterocycles. The molecule has 0 saturated carbocycles. The maximum atomic E-state index is 11.3. The van der Waals surface area contributed by atoms with Crippen molar-refractivity contribution in [3.63, 3.8) is 0 Å². The summed E-state index contributed by atoms with van der Waals surface area (Å²) < 4.78 is 4.90. The van der Waals surface area contributed by atoms with Gasteiger partial charge in [0.25, 0.3) is 0 Å². The molecular formula is C17H17N3O2. The van der Waals surface area contributed by atoms with Crippen LogP contribution in [0.4, 0.5) is 11.5 Å². The third-order valence-corrected chi connectivity index (χ3v) is 3.01. The van der Waals surface area contributed by atoms with Gasteiger partial charge < -0.3 is 10.1 Å². The van der Waals surface area contributed by atoms with Gasteiger partial charge in [0.1, 0.15) is 17.6 Å². The molecule has 0 aliphatic heterocycles. The summed E-state index contributed by atoms with van der Waals surface area (Å²) >= 11 is 0. The van der Waals surface area contributed by atoms with E-state index in [1.165, 1.54) is 0 Å². The van der Waals surface area contributed by atoms with E-state index in [9.17, 15) is 4.79 Å². The lowest BCUT2D eigenvalue weighted by Crippen LogP contribution is -2.05. The SMILES string of the molecule is CCOC(=O)CCc1ccc(Nc2cccc(C#N)n2)cc1. The zero-order chi connectivity index (χ0) is 15.8. The zero-order valence-electron chi connectivity index (χ0n) is 12.4. The molecule has 0 atom stereocenters. The van der Waals surface area contributed by atoms with Gasteiger partial charge in [0.15, 0.2) is 0 Å². The highest BCUT2D eigenvalue weighted by atomic mass is 16.5. The first-order chi connectivity index (χ1) is 10.7. The van der Waals surface area contributed by atoms with Gasteiger partial charge in [0.05, 0.1) is 6.61 Å². The van der Waals surface area contributed by atoms with Crippen LogP contribution in [0.25, 0.3) is 0 Å². The largest absolute Gasteiger partial charge is 0.466 e. The second kappa shape index (κ2) is 7.79. The van der Waals surface area contributed by atoms with E-state index in [0.717, 1.165) is 11.3 Å². The molecule has 5 nitrogen and oxygen atoms in total. The maximum Gasteiger partial charge on any atom is 0.306 e. The van der Waals surface area contributed by atoms with Crippen LogP contribution in [-0.2, 0) is 16.0 Å². The van der Waals surface area contributed by atoms with E-state index >= 15 is 0 Å². The summed E-state index contributed by atoms with van der Waals surface area (Å²) in [6, 6.07) is 15.0. The van der Waals surface area contributed by atoms with Crippen LogP contribution in [-0.4, -0.2) is 17.6 Å². The van der Waals surface area contributed by atoms with Crippen molar-refractivity contribution in [1.82, 2.24) is 4.98 Å². The number of hydrogen-bond acceptors (Lipinski definition) is 5. The van der Waals surface area contributed by atoms with Gasteiger partial charge in [-0.25, -0.2) is 4.98 Å². The molecular weight excluding hydrogens is 278 g/mol. The highest BCUT2D eigenvalue weighted by Gasteiger charge is 2.03. The number of benzene rings is 1. The number of aromatic nitrogens is 1. The average Bonchev–Trinajstić information content (AvgIpc) is 2.55. The average molecular weight is 295 g/mol. The molecule has 1 heterocycles. The van der Waals surface area contributed by atoms with E-state index in [0.29, 0.717) is 31.0 Å². The molecule has 0 amide bonds. The number of nitrogens with zero attached hydrogens (tertiary/aromatic N) is 2. The van der Waals surface area contributed by atoms with Crippen LogP contribution in [0, 0.1) is 11.3 Å². The summed E-state index contributed by atoms with van der Waals surface area (Å²) in [7, 11) is 0. The minimum absolute atomic E-state index is 0.179. The lowest BCUT2D eigenvalue weighted by molar-refractivity contribution is -0.143. The number of carbonyl (C=O) groups excluding carboxylic acids is 1. The van der Waals surface area contributed by atoms with Crippen LogP contribution in [0.3, 0.4) is 0 Å². The molecule has 5 heteroatoms. The van der Waals surface area contributed by atoms with E-state index in [-0.39, 0.29) is 5.97 Å². The van der Waals surface area contributed by atoms with Crippen molar-refractivity contribution in [3.8, 4) is 6.07 Å². The molecule has 0 unspecified atom stereocenters. The molecule has 1 N–H and O–H groups in total. The number of ether oxygens (including phenoxy) is 1. The van der Waals surface area contributed by atoms with E-state index in [2.05, 4.69) is 10.3 Å². The topological polar surface area (TPSA) is 75.0 Å². The summed E-state index contributed by atoms with van der Waals surface area (Å²) in [6.07, 6.45) is 1.04. The summed E-state index contributed by atoms with van der Waals surface area (Å²) in [5.74, 6) is 0.445. The van der Waals surface area contributed by atoms with Crippen molar-refractivity contribution in [2.24, 2.45) is 0 Å². The zero-order valence-corrected chi connectivity index (χ0v) is 12.4. The predicted octanol–water partition coefficient (Wildman–Crippen LogP) is 3.19. The lowest BCUT2D eigenvalue weighted by atomic mass is 10.1. The fourth-order valence-corrected chi connectivity index (χ4v) is 1.95. The standard InChI is InChI=1S/C17H17N3O2/c1-2-22-17(21)11-8-13-6-9-14(10-7-13)19-16-5-3-4-15(12-18)20-16/h3-7,9-10H,2,8,11H2,1H3,(H,19,20). The van der Waals surface area contributed by atoms with Crippen molar-refractivity contribution in [1.29, 1.82) is 5.26 Å². The Kier molecular flexibility index (Phi) is 5.50. The van der Waals surface area contributed by atoms with E-state index in [1.54, 1.807) is 25.1 Å². The summed E-state index contributed by atoms with van der Waals surface area (Å²) in [6.45, 7) is 2.21. The Balaban J connectivity index is 1.94.